The van der Waals surface area contributed by atoms with Gasteiger partial charge in [-0.25, -0.2) is 9.37 Å². The molecule has 7 nitrogen and oxygen atoms in total. The molecule has 0 atom stereocenters. The number of carboxylic acid groups (broad SMARTS) is 1. The Kier molecular flexibility index (Phi) is 5.74. The second-order valence-electron chi connectivity index (χ2n) is 11.1. The minimum absolute atomic E-state index is 0.0687. The highest BCUT2D eigenvalue weighted by atomic mass is 16.6. The van der Waals surface area contributed by atoms with Crippen LogP contribution in [0.2, 0.25) is 0 Å². The fraction of sp³-hybridized carbons (Fsp3) is 0.323. The van der Waals surface area contributed by atoms with Gasteiger partial charge in [0.15, 0.2) is 0 Å². The van der Waals surface area contributed by atoms with Crippen LogP contribution in [-0.2, 0) is 4.74 Å². The van der Waals surface area contributed by atoms with Crippen LogP contribution in [-0.4, -0.2) is 43.7 Å². The van der Waals surface area contributed by atoms with E-state index in [0.29, 0.717) is 16.9 Å². The van der Waals surface area contributed by atoms with E-state index in [1.165, 1.54) is 6.07 Å². The number of fused-ring (bicyclic) bond motifs is 2. The topological polar surface area (TPSA) is 85.8 Å². The number of carboxylic acids is 1. The Hall–Kier alpha value is -4.13. The van der Waals surface area contributed by atoms with Gasteiger partial charge in [0.1, 0.15) is 30.0 Å². The molecule has 2 aromatic rings. The van der Waals surface area contributed by atoms with Gasteiger partial charge in [0.25, 0.3) is 0 Å². The summed E-state index contributed by atoms with van der Waals surface area (Å²) in [7, 11) is 0. The number of esters is 1. The van der Waals surface area contributed by atoms with Gasteiger partial charge in [0.2, 0.25) is 5.36 Å². The molecule has 3 heterocycles. The molecule has 194 valence electrons. The van der Waals surface area contributed by atoms with Crippen molar-refractivity contribution >= 4 is 28.6 Å². The Morgan fingerprint density at radius 2 is 1.71 bits per heavy atom. The van der Waals surface area contributed by atoms with Crippen LogP contribution < -0.4 is 19.9 Å². The lowest BCUT2D eigenvalue weighted by Gasteiger charge is -2.33. The third-order valence-electron chi connectivity index (χ3n) is 7.27. The van der Waals surface area contributed by atoms with Crippen LogP contribution in [0.3, 0.4) is 0 Å². The van der Waals surface area contributed by atoms with Crippen molar-refractivity contribution in [2.75, 3.05) is 31.1 Å². The van der Waals surface area contributed by atoms with Crippen molar-refractivity contribution in [3.8, 4) is 22.5 Å². The number of rotatable bonds is 4. The minimum atomic E-state index is -1.36. The van der Waals surface area contributed by atoms with Crippen molar-refractivity contribution < 1.29 is 23.8 Å². The normalized spacial score (nSPS) is 15.3. The number of hydrogen-bond donors (Lipinski definition) is 0. The first-order valence-electron chi connectivity index (χ1n) is 13.1. The maximum atomic E-state index is 12.7. The summed E-state index contributed by atoms with van der Waals surface area (Å²) in [5.41, 5.74) is 3.16. The molecule has 0 bridgehead atoms. The number of ether oxygens (including phenoxy) is 1. The van der Waals surface area contributed by atoms with E-state index < -0.39 is 17.5 Å². The van der Waals surface area contributed by atoms with Crippen LogP contribution in [0.25, 0.3) is 33.4 Å². The van der Waals surface area contributed by atoms with Gasteiger partial charge < -0.3 is 24.0 Å². The van der Waals surface area contributed by atoms with E-state index in [1.54, 1.807) is 32.9 Å². The number of nitrogens with zero attached hydrogens (tertiary/aromatic N) is 2. The first-order valence-corrected chi connectivity index (χ1v) is 13.1. The molecule has 2 saturated heterocycles. The smallest absolute Gasteiger partial charge is 0.338 e. The second-order valence-corrected chi connectivity index (χ2v) is 11.1. The zero-order valence-electron chi connectivity index (χ0n) is 21.9. The Balaban J connectivity index is 1.59. The van der Waals surface area contributed by atoms with Crippen LogP contribution in [0.1, 0.15) is 54.3 Å². The van der Waals surface area contributed by atoms with Gasteiger partial charge in [-0.2, -0.15) is 0 Å². The zero-order chi connectivity index (χ0) is 26.6. The summed E-state index contributed by atoms with van der Waals surface area (Å²) in [6.07, 6.45) is 2.33. The minimum Gasteiger partial charge on any atom is -0.545 e. The highest BCUT2D eigenvalue weighted by Crippen LogP contribution is 2.42. The monoisotopic (exact) mass is 510 g/mol. The third kappa shape index (κ3) is 4.32. The summed E-state index contributed by atoms with van der Waals surface area (Å²) in [5, 5.41) is 14.3. The average molecular weight is 511 g/mol. The molecule has 6 rings (SSSR count). The molecule has 1 aliphatic carbocycles. The zero-order valence-corrected chi connectivity index (χ0v) is 21.9. The fourth-order valence-electron chi connectivity index (χ4n) is 5.10. The summed E-state index contributed by atoms with van der Waals surface area (Å²) < 4.78 is 14.2. The van der Waals surface area contributed by atoms with Crippen molar-refractivity contribution in [1.82, 2.24) is 4.58 Å². The molecule has 38 heavy (non-hydrogen) atoms. The number of carbonyl (C=O) groups is 2. The lowest BCUT2D eigenvalue weighted by molar-refractivity contribution is -0.254. The molecule has 3 aliphatic heterocycles. The fourth-order valence-corrected chi connectivity index (χ4v) is 5.10. The maximum Gasteiger partial charge on any atom is 0.338 e. The molecule has 0 aromatic heterocycles. The van der Waals surface area contributed by atoms with Crippen molar-refractivity contribution in [3.63, 3.8) is 0 Å². The summed E-state index contributed by atoms with van der Waals surface area (Å²) in [5.74, 6) is -1.26. The molecule has 0 unspecified atom stereocenters. The second kappa shape index (κ2) is 9.01. The molecule has 0 N–H and O–H groups in total. The van der Waals surface area contributed by atoms with E-state index in [-0.39, 0.29) is 11.1 Å². The van der Waals surface area contributed by atoms with E-state index in [9.17, 15) is 14.7 Å². The van der Waals surface area contributed by atoms with Crippen LogP contribution in [0.5, 0.6) is 0 Å². The van der Waals surface area contributed by atoms with E-state index >= 15 is 0 Å². The highest BCUT2D eigenvalue weighted by Gasteiger charge is 2.25. The van der Waals surface area contributed by atoms with E-state index in [0.717, 1.165) is 66.6 Å². The van der Waals surface area contributed by atoms with Crippen LogP contribution >= 0.6 is 0 Å². The summed E-state index contributed by atoms with van der Waals surface area (Å²) >= 11 is 0. The van der Waals surface area contributed by atoms with Gasteiger partial charge in [0, 0.05) is 53.0 Å². The number of aromatic carboxylic acids is 1. The molecule has 0 saturated carbocycles. The summed E-state index contributed by atoms with van der Waals surface area (Å²) in [4.78, 5) is 27.4. The number of carbonyl (C=O) groups excluding carboxylic acids is 2. The number of hydrogen-bond acceptors (Lipinski definition) is 6. The number of benzene rings is 3. The molecule has 7 heteroatoms. The SMILES string of the molecule is CC(C)(C)OC(=O)c1ccc(-c2c3ccc(=[N+]4CCC4)cc-3oc3cc(N4CCC4)ccc23)c(C(=O)[O-])c1. The lowest BCUT2D eigenvalue weighted by atomic mass is 9.89. The molecule has 2 fully saturated rings. The molecular weight excluding hydrogens is 480 g/mol. The molecule has 2 aromatic carbocycles. The maximum absolute atomic E-state index is 12.7. The molecular formula is C31H30N2O5. The van der Waals surface area contributed by atoms with Gasteiger partial charge in [-0.1, -0.05) is 6.07 Å². The predicted octanol–water partition coefficient (Wildman–Crippen LogP) is 3.91. The van der Waals surface area contributed by atoms with Gasteiger partial charge in [0.05, 0.1) is 24.0 Å². The average Bonchev–Trinajstić information content (AvgIpc) is 2.78. The predicted molar refractivity (Wildman–Crippen MR) is 144 cm³/mol. The molecule has 0 radical (unpaired) electrons. The molecule has 4 aliphatic rings. The van der Waals surface area contributed by atoms with Gasteiger partial charge in [-0.15, -0.1) is 0 Å². The van der Waals surface area contributed by atoms with E-state index in [2.05, 4.69) is 21.6 Å². The first-order chi connectivity index (χ1) is 18.2. The van der Waals surface area contributed by atoms with E-state index in [4.69, 9.17) is 9.15 Å². The van der Waals surface area contributed by atoms with Gasteiger partial charge in [-0.3, -0.25) is 0 Å². The first kappa shape index (κ1) is 24.2. The standard InChI is InChI=1S/C31H30N2O5/c1-31(2,3)38-30(36)19-6-9-22(25(16-19)29(34)35)28-23-10-7-20(32-12-4-13-32)17-26(23)37-27-18-21(8-11-24(27)28)33-14-5-15-33/h6-11,16-18H,4-5,12-15H2,1-3H3. The van der Waals surface area contributed by atoms with Gasteiger partial charge >= 0.3 is 5.97 Å². The Bertz CT molecular complexity index is 1630. The van der Waals surface area contributed by atoms with Crippen molar-refractivity contribution in [1.29, 1.82) is 0 Å². The van der Waals surface area contributed by atoms with E-state index in [1.807, 2.05) is 24.3 Å². The summed E-state index contributed by atoms with van der Waals surface area (Å²) in [6, 6.07) is 16.8. The Morgan fingerprint density at radius 1 is 0.947 bits per heavy atom. The van der Waals surface area contributed by atoms with Crippen LogP contribution in [0.15, 0.2) is 59.0 Å². The van der Waals surface area contributed by atoms with Crippen LogP contribution in [0, 0.1) is 0 Å². The lowest BCUT2D eigenvalue weighted by Crippen LogP contribution is -2.40. The quantitative estimate of drug-likeness (QED) is 0.235. The summed E-state index contributed by atoms with van der Waals surface area (Å²) in [6.45, 7) is 9.34. The van der Waals surface area contributed by atoms with Crippen molar-refractivity contribution in [2.45, 2.75) is 39.2 Å². The van der Waals surface area contributed by atoms with Crippen molar-refractivity contribution in [2.24, 2.45) is 0 Å². The largest absolute Gasteiger partial charge is 0.545 e. The molecule has 0 amide bonds. The highest BCUT2D eigenvalue weighted by molar-refractivity contribution is 6.08. The Labute approximate surface area is 220 Å². The third-order valence-corrected chi connectivity index (χ3v) is 7.27. The number of anilines is 1. The van der Waals surface area contributed by atoms with Crippen LogP contribution in [0.4, 0.5) is 5.69 Å². The molecule has 0 spiro atoms. The Morgan fingerprint density at radius 3 is 2.34 bits per heavy atom. The van der Waals surface area contributed by atoms with Crippen molar-refractivity contribution in [3.05, 3.63) is 71.1 Å². The van der Waals surface area contributed by atoms with Gasteiger partial charge in [-0.05, 0) is 63.1 Å².